The minimum Gasteiger partial charge on any atom is -0.491 e. The molecule has 1 aromatic heterocycles. The molecule has 1 heterocycles. The van der Waals surface area contributed by atoms with Crippen LogP contribution in [-0.4, -0.2) is 11.2 Å². The molecule has 3 heteroatoms. The number of aryl methyl sites for hydroxylation is 1. The van der Waals surface area contributed by atoms with Gasteiger partial charge in [0, 0.05) is 17.0 Å². The maximum absolute atomic E-state index is 9.44. The number of hydrogen-bond donors (Lipinski definition) is 0. The van der Waals surface area contributed by atoms with Gasteiger partial charge in [0.1, 0.15) is 18.4 Å². The summed E-state index contributed by atoms with van der Waals surface area (Å²) in [5.74, 6) is 0.899. The summed E-state index contributed by atoms with van der Waals surface area (Å²) in [4.78, 5) is 0. The summed E-state index contributed by atoms with van der Waals surface area (Å²) < 4.78 is 8.24. The van der Waals surface area contributed by atoms with Gasteiger partial charge in [0.05, 0.1) is 17.6 Å². The predicted molar refractivity (Wildman–Crippen MR) is 105 cm³/mol. The van der Waals surface area contributed by atoms with E-state index in [1.165, 1.54) is 10.9 Å². The van der Waals surface area contributed by atoms with E-state index in [1.807, 2.05) is 42.6 Å². The van der Waals surface area contributed by atoms with Crippen molar-refractivity contribution < 1.29 is 4.74 Å². The number of nitriles is 1. The highest BCUT2D eigenvalue weighted by Crippen LogP contribution is 2.27. The van der Waals surface area contributed by atoms with Crippen LogP contribution >= 0.6 is 0 Å². The zero-order chi connectivity index (χ0) is 17.9. The fourth-order valence-corrected chi connectivity index (χ4v) is 3.56. The SMILES string of the molecule is CCc1cccc2c(C#N)cn(CCOc3cccc4ccccc34)c12. The Morgan fingerprint density at radius 3 is 2.58 bits per heavy atom. The number of hydrogen-bond acceptors (Lipinski definition) is 2. The number of rotatable bonds is 5. The second-order valence-electron chi connectivity index (χ2n) is 6.34. The van der Waals surface area contributed by atoms with Crippen molar-refractivity contribution in [3.63, 3.8) is 0 Å². The van der Waals surface area contributed by atoms with Gasteiger partial charge >= 0.3 is 0 Å². The predicted octanol–water partition coefficient (Wildman–Crippen LogP) is 5.31. The van der Waals surface area contributed by atoms with E-state index < -0.39 is 0 Å². The first-order valence-corrected chi connectivity index (χ1v) is 8.93. The Balaban J connectivity index is 1.61. The van der Waals surface area contributed by atoms with Crippen molar-refractivity contribution >= 4 is 21.7 Å². The van der Waals surface area contributed by atoms with Crippen molar-refractivity contribution in [3.8, 4) is 11.8 Å². The molecule has 0 amide bonds. The molecule has 26 heavy (non-hydrogen) atoms. The van der Waals surface area contributed by atoms with Crippen molar-refractivity contribution in [3.05, 3.63) is 78.0 Å². The molecule has 4 aromatic rings. The van der Waals surface area contributed by atoms with Gasteiger partial charge in [-0.25, -0.2) is 0 Å². The smallest absolute Gasteiger partial charge is 0.127 e. The average Bonchev–Trinajstić information content (AvgIpc) is 3.06. The standard InChI is InChI=1S/C23H20N2O/c1-2-17-8-5-11-21-19(15-24)16-25(23(17)21)13-14-26-22-12-6-9-18-7-3-4-10-20(18)22/h3-12,16H,2,13-14H2,1H3. The van der Waals surface area contributed by atoms with Gasteiger partial charge in [0.25, 0.3) is 0 Å². The summed E-state index contributed by atoms with van der Waals surface area (Å²) in [7, 11) is 0. The molecule has 0 aliphatic rings. The van der Waals surface area contributed by atoms with Crippen LogP contribution in [0.5, 0.6) is 5.75 Å². The van der Waals surface area contributed by atoms with E-state index in [-0.39, 0.29) is 0 Å². The van der Waals surface area contributed by atoms with Crippen LogP contribution in [0.4, 0.5) is 0 Å². The van der Waals surface area contributed by atoms with Gasteiger partial charge in [0.15, 0.2) is 0 Å². The van der Waals surface area contributed by atoms with Crippen LogP contribution in [0.15, 0.2) is 66.9 Å². The maximum atomic E-state index is 9.44. The van der Waals surface area contributed by atoms with Gasteiger partial charge in [-0.05, 0) is 23.4 Å². The van der Waals surface area contributed by atoms with Crippen LogP contribution in [0.3, 0.4) is 0 Å². The molecule has 3 nitrogen and oxygen atoms in total. The molecule has 0 aliphatic carbocycles. The molecule has 0 fully saturated rings. The van der Waals surface area contributed by atoms with Crippen LogP contribution in [0.25, 0.3) is 21.7 Å². The average molecular weight is 340 g/mol. The lowest BCUT2D eigenvalue weighted by atomic mass is 10.1. The summed E-state index contributed by atoms with van der Waals surface area (Å²) in [5.41, 5.74) is 3.13. The molecule has 0 radical (unpaired) electrons. The molecule has 128 valence electrons. The lowest BCUT2D eigenvalue weighted by molar-refractivity contribution is 0.304. The first-order valence-electron chi connectivity index (χ1n) is 8.93. The molecule has 0 unspecified atom stereocenters. The Labute approximate surface area is 153 Å². The third-order valence-electron chi connectivity index (χ3n) is 4.82. The van der Waals surface area contributed by atoms with Gasteiger partial charge in [-0.1, -0.05) is 61.5 Å². The molecule has 0 saturated carbocycles. The lowest BCUT2D eigenvalue weighted by Gasteiger charge is -2.12. The number of ether oxygens (including phenoxy) is 1. The molecule has 0 aliphatic heterocycles. The molecule has 0 bridgehead atoms. The fraction of sp³-hybridized carbons (Fsp3) is 0.174. The number of benzene rings is 3. The molecular formula is C23H20N2O. The van der Waals surface area contributed by atoms with E-state index in [4.69, 9.17) is 4.74 Å². The minimum atomic E-state index is 0.556. The summed E-state index contributed by atoms with van der Waals surface area (Å²) in [5, 5.41) is 12.8. The maximum Gasteiger partial charge on any atom is 0.127 e. The number of aromatic nitrogens is 1. The van der Waals surface area contributed by atoms with Crippen LogP contribution < -0.4 is 4.74 Å². The summed E-state index contributed by atoms with van der Waals surface area (Å²) in [6.07, 6.45) is 2.88. The molecule has 0 atom stereocenters. The molecule has 0 saturated heterocycles. The highest BCUT2D eigenvalue weighted by Gasteiger charge is 2.11. The Hall–Kier alpha value is -3.25. The Morgan fingerprint density at radius 1 is 0.962 bits per heavy atom. The van der Waals surface area contributed by atoms with Gasteiger partial charge < -0.3 is 9.30 Å². The number of nitrogens with zero attached hydrogens (tertiary/aromatic N) is 2. The third kappa shape index (κ3) is 2.80. The van der Waals surface area contributed by atoms with E-state index in [2.05, 4.69) is 41.8 Å². The van der Waals surface area contributed by atoms with E-state index in [1.54, 1.807) is 0 Å². The first-order chi connectivity index (χ1) is 12.8. The quantitative estimate of drug-likeness (QED) is 0.494. The van der Waals surface area contributed by atoms with Crippen molar-refractivity contribution in [2.24, 2.45) is 0 Å². The number of fused-ring (bicyclic) bond motifs is 2. The molecule has 0 N–H and O–H groups in total. The molecule has 0 spiro atoms. The Kier molecular flexibility index (Phi) is 4.33. The lowest BCUT2D eigenvalue weighted by Crippen LogP contribution is -2.08. The zero-order valence-corrected chi connectivity index (χ0v) is 14.8. The van der Waals surface area contributed by atoms with Crippen LogP contribution in [0.1, 0.15) is 18.1 Å². The topological polar surface area (TPSA) is 38.0 Å². The first kappa shape index (κ1) is 16.2. The van der Waals surface area contributed by atoms with Crippen molar-refractivity contribution in [1.82, 2.24) is 4.57 Å². The van der Waals surface area contributed by atoms with Crippen molar-refractivity contribution in [1.29, 1.82) is 5.26 Å². The van der Waals surface area contributed by atoms with Gasteiger partial charge in [-0.3, -0.25) is 0 Å². The normalized spacial score (nSPS) is 10.9. The van der Waals surface area contributed by atoms with Crippen molar-refractivity contribution in [2.75, 3.05) is 6.61 Å². The van der Waals surface area contributed by atoms with Crippen molar-refractivity contribution in [2.45, 2.75) is 19.9 Å². The summed E-state index contributed by atoms with van der Waals surface area (Å²) in [6, 6.07) is 22.9. The second-order valence-corrected chi connectivity index (χ2v) is 6.34. The van der Waals surface area contributed by atoms with E-state index >= 15 is 0 Å². The molecule has 4 rings (SSSR count). The molecular weight excluding hydrogens is 320 g/mol. The highest BCUT2D eigenvalue weighted by molar-refractivity contribution is 5.89. The van der Waals surface area contributed by atoms with Crippen LogP contribution in [0, 0.1) is 11.3 Å². The summed E-state index contributed by atoms with van der Waals surface area (Å²) >= 11 is 0. The van der Waals surface area contributed by atoms with Gasteiger partial charge in [0.2, 0.25) is 0 Å². The van der Waals surface area contributed by atoms with E-state index in [0.717, 1.165) is 34.0 Å². The zero-order valence-electron chi connectivity index (χ0n) is 14.8. The fourth-order valence-electron chi connectivity index (χ4n) is 3.56. The highest BCUT2D eigenvalue weighted by atomic mass is 16.5. The number of para-hydroxylation sites is 1. The monoisotopic (exact) mass is 340 g/mol. The Morgan fingerprint density at radius 2 is 1.73 bits per heavy atom. The summed E-state index contributed by atoms with van der Waals surface area (Å²) in [6.45, 7) is 3.41. The van der Waals surface area contributed by atoms with Gasteiger partial charge in [-0.15, -0.1) is 0 Å². The third-order valence-corrected chi connectivity index (χ3v) is 4.82. The molecule has 3 aromatic carbocycles. The Bertz CT molecular complexity index is 1110. The van der Waals surface area contributed by atoms with E-state index in [9.17, 15) is 5.26 Å². The largest absolute Gasteiger partial charge is 0.491 e. The van der Waals surface area contributed by atoms with E-state index in [0.29, 0.717) is 13.2 Å². The van der Waals surface area contributed by atoms with Gasteiger partial charge in [-0.2, -0.15) is 5.26 Å². The minimum absolute atomic E-state index is 0.556. The van der Waals surface area contributed by atoms with Crippen LogP contribution in [0.2, 0.25) is 0 Å². The van der Waals surface area contributed by atoms with Crippen LogP contribution in [-0.2, 0) is 13.0 Å². The second kappa shape index (κ2) is 6.93.